The fourth-order valence-electron chi connectivity index (χ4n) is 2.20. The van der Waals surface area contributed by atoms with E-state index in [4.69, 9.17) is 28.9 Å². The monoisotopic (exact) mass is 358 g/mol. The second kappa shape index (κ2) is 7.29. The molecule has 2 N–H and O–H groups in total. The molecule has 0 spiro atoms. The Kier molecular flexibility index (Phi) is 6.57. The van der Waals surface area contributed by atoms with Crippen molar-refractivity contribution in [1.29, 1.82) is 0 Å². The van der Waals surface area contributed by atoms with Crippen molar-refractivity contribution in [1.82, 2.24) is 4.31 Å². The maximum atomic E-state index is 12.5. The van der Waals surface area contributed by atoms with Crippen LogP contribution in [0.2, 0.25) is 10.0 Å². The first-order valence-electron chi connectivity index (χ1n) is 6.10. The molecule has 1 saturated heterocycles. The first kappa shape index (κ1) is 18.0. The van der Waals surface area contributed by atoms with Gasteiger partial charge >= 0.3 is 0 Å². The second-order valence-electron chi connectivity index (χ2n) is 4.66. The highest BCUT2D eigenvalue weighted by Gasteiger charge is 2.30. The SMILES string of the molecule is Cl.NCC1CCN(S(=O)(=O)c2cc(Cl)ccc2Cl)CC1. The van der Waals surface area contributed by atoms with E-state index >= 15 is 0 Å². The van der Waals surface area contributed by atoms with Crippen LogP contribution in [-0.4, -0.2) is 32.4 Å². The fourth-order valence-corrected chi connectivity index (χ4v) is 4.41. The van der Waals surface area contributed by atoms with E-state index in [1.165, 1.54) is 16.4 Å². The summed E-state index contributed by atoms with van der Waals surface area (Å²) >= 11 is 11.8. The van der Waals surface area contributed by atoms with Crippen LogP contribution in [0.15, 0.2) is 23.1 Å². The minimum absolute atomic E-state index is 0. The average molecular weight is 360 g/mol. The Bertz CT molecular complexity index is 558. The zero-order chi connectivity index (χ0) is 14.0. The second-order valence-corrected chi connectivity index (χ2v) is 7.41. The minimum Gasteiger partial charge on any atom is -0.330 e. The van der Waals surface area contributed by atoms with Crippen molar-refractivity contribution in [2.24, 2.45) is 11.7 Å². The van der Waals surface area contributed by atoms with Crippen LogP contribution in [0.3, 0.4) is 0 Å². The van der Waals surface area contributed by atoms with Gasteiger partial charge in [0.15, 0.2) is 0 Å². The van der Waals surface area contributed by atoms with Crippen LogP contribution in [0.1, 0.15) is 12.8 Å². The van der Waals surface area contributed by atoms with E-state index in [-0.39, 0.29) is 22.3 Å². The van der Waals surface area contributed by atoms with E-state index in [0.29, 0.717) is 30.6 Å². The van der Waals surface area contributed by atoms with Crippen LogP contribution in [0.5, 0.6) is 0 Å². The summed E-state index contributed by atoms with van der Waals surface area (Å²) in [7, 11) is -3.57. The lowest BCUT2D eigenvalue weighted by Crippen LogP contribution is -2.40. The van der Waals surface area contributed by atoms with Crippen molar-refractivity contribution in [2.75, 3.05) is 19.6 Å². The molecular formula is C12H17Cl3N2O2S. The summed E-state index contributed by atoms with van der Waals surface area (Å²) in [5, 5.41) is 0.560. The predicted molar refractivity (Wildman–Crippen MR) is 84.2 cm³/mol. The molecule has 114 valence electrons. The number of halogens is 3. The van der Waals surface area contributed by atoms with Crippen LogP contribution >= 0.6 is 35.6 Å². The smallest absolute Gasteiger partial charge is 0.244 e. The van der Waals surface area contributed by atoms with Crippen LogP contribution in [-0.2, 0) is 10.0 Å². The number of hydrogen-bond donors (Lipinski definition) is 1. The summed E-state index contributed by atoms with van der Waals surface area (Å²) in [5.74, 6) is 0.404. The number of benzene rings is 1. The fraction of sp³-hybridized carbons (Fsp3) is 0.500. The number of rotatable bonds is 3. The molecule has 0 radical (unpaired) electrons. The van der Waals surface area contributed by atoms with E-state index in [1.54, 1.807) is 6.07 Å². The van der Waals surface area contributed by atoms with Crippen molar-refractivity contribution < 1.29 is 8.42 Å². The quantitative estimate of drug-likeness (QED) is 0.902. The molecule has 0 saturated carbocycles. The largest absolute Gasteiger partial charge is 0.330 e. The van der Waals surface area contributed by atoms with Crippen LogP contribution < -0.4 is 5.73 Å². The molecular weight excluding hydrogens is 343 g/mol. The molecule has 4 nitrogen and oxygen atoms in total. The molecule has 0 atom stereocenters. The van der Waals surface area contributed by atoms with Crippen molar-refractivity contribution >= 4 is 45.6 Å². The van der Waals surface area contributed by atoms with Gasteiger partial charge in [0.1, 0.15) is 4.90 Å². The standard InChI is InChI=1S/C12H16Cl2N2O2S.ClH/c13-10-1-2-11(14)12(7-10)19(17,18)16-5-3-9(8-15)4-6-16;/h1-2,7,9H,3-6,8,15H2;1H. The van der Waals surface area contributed by atoms with Gasteiger partial charge in [-0.15, -0.1) is 12.4 Å². The van der Waals surface area contributed by atoms with Crippen molar-refractivity contribution in [3.8, 4) is 0 Å². The van der Waals surface area contributed by atoms with E-state index in [9.17, 15) is 8.42 Å². The Labute approximate surface area is 135 Å². The van der Waals surface area contributed by atoms with Gasteiger partial charge in [-0.25, -0.2) is 8.42 Å². The van der Waals surface area contributed by atoms with Gasteiger partial charge < -0.3 is 5.73 Å². The van der Waals surface area contributed by atoms with Crippen LogP contribution in [0.25, 0.3) is 0 Å². The summed E-state index contributed by atoms with van der Waals surface area (Å²) < 4.78 is 26.5. The van der Waals surface area contributed by atoms with E-state index in [0.717, 1.165) is 12.8 Å². The summed E-state index contributed by atoms with van der Waals surface area (Å²) in [6.07, 6.45) is 1.57. The minimum atomic E-state index is -3.57. The lowest BCUT2D eigenvalue weighted by Gasteiger charge is -2.30. The van der Waals surface area contributed by atoms with Gasteiger partial charge in [-0.3, -0.25) is 0 Å². The molecule has 1 aliphatic rings. The Morgan fingerprint density at radius 1 is 1.25 bits per heavy atom. The Balaban J connectivity index is 0.00000200. The Hall–Kier alpha value is -0.0400. The van der Waals surface area contributed by atoms with Gasteiger partial charge in [-0.1, -0.05) is 23.2 Å². The lowest BCUT2D eigenvalue weighted by atomic mass is 9.99. The first-order chi connectivity index (χ1) is 8.95. The summed E-state index contributed by atoms with van der Waals surface area (Å²) in [6, 6.07) is 4.47. The third-order valence-corrected chi connectivity index (χ3v) is 6.03. The molecule has 0 bridgehead atoms. The normalized spacial score (nSPS) is 17.8. The topological polar surface area (TPSA) is 63.4 Å². The molecule has 1 aromatic carbocycles. The molecule has 0 aliphatic carbocycles. The van der Waals surface area contributed by atoms with Crippen LogP contribution in [0.4, 0.5) is 0 Å². The van der Waals surface area contributed by atoms with Gasteiger partial charge in [-0.05, 0) is 43.5 Å². The molecule has 0 unspecified atom stereocenters. The Morgan fingerprint density at radius 2 is 1.85 bits per heavy atom. The molecule has 1 aliphatic heterocycles. The molecule has 2 rings (SSSR count). The average Bonchev–Trinajstić information content (AvgIpc) is 2.41. The maximum absolute atomic E-state index is 12.5. The third kappa shape index (κ3) is 3.78. The third-order valence-electron chi connectivity index (χ3n) is 3.42. The van der Waals surface area contributed by atoms with Gasteiger partial charge in [0.05, 0.1) is 5.02 Å². The summed E-state index contributed by atoms with van der Waals surface area (Å²) in [5.41, 5.74) is 5.61. The van der Waals surface area contributed by atoms with Crippen molar-refractivity contribution in [3.63, 3.8) is 0 Å². The van der Waals surface area contributed by atoms with Crippen molar-refractivity contribution in [3.05, 3.63) is 28.2 Å². The number of piperidine rings is 1. The summed E-state index contributed by atoms with van der Waals surface area (Å²) in [6.45, 7) is 1.56. The molecule has 0 aromatic heterocycles. The first-order valence-corrected chi connectivity index (χ1v) is 8.30. The van der Waals surface area contributed by atoms with Crippen molar-refractivity contribution in [2.45, 2.75) is 17.7 Å². The molecule has 1 aromatic rings. The van der Waals surface area contributed by atoms with Gasteiger partial charge in [-0.2, -0.15) is 4.31 Å². The number of nitrogens with two attached hydrogens (primary N) is 1. The molecule has 1 heterocycles. The lowest BCUT2D eigenvalue weighted by molar-refractivity contribution is 0.278. The predicted octanol–water partition coefficient (Wildman–Crippen LogP) is 2.77. The molecule has 0 amide bonds. The van der Waals surface area contributed by atoms with Gasteiger partial charge in [0.2, 0.25) is 10.0 Å². The zero-order valence-corrected chi connectivity index (χ0v) is 13.9. The van der Waals surface area contributed by atoms with E-state index in [2.05, 4.69) is 0 Å². The van der Waals surface area contributed by atoms with Crippen LogP contribution in [0, 0.1) is 5.92 Å². The number of hydrogen-bond acceptors (Lipinski definition) is 3. The number of nitrogens with zero attached hydrogens (tertiary/aromatic N) is 1. The number of sulfonamides is 1. The maximum Gasteiger partial charge on any atom is 0.244 e. The van der Waals surface area contributed by atoms with E-state index in [1.807, 2.05) is 0 Å². The molecule has 20 heavy (non-hydrogen) atoms. The van der Waals surface area contributed by atoms with Gasteiger partial charge in [0.25, 0.3) is 0 Å². The highest BCUT2D eigenvalue weighted by molar-refractivity contribution is 7.89. The zero-order valence-electron chi connectivity index (χ0n) is 10.8. The van der Waals surface area contributed by atoms with Gasteiger partial charge in [0, 0.05) is 18.1 Å². The highest BCUT2D eigenvalue weighted by Crippen LogP contribution is 2.30. The molecule has 1 fully saturated rings. The molecule has 8 heteroatoms. The summed E-state index contributed by atoms with van der Waals surface area (Å²) in [4.78, 5) is 0.0767. The Morgan fingerprint density at radius 3 is 2.40 bits per heavy atom. The highest BCUT2D eigenvalue weighted by atomic mass is 35.5. The van der Waals surface area contributed by atoms with E-state index < -0.39 is 10.0 Å².